The zero-order chi connectivity index (χ0) is 14.3. The smallest absolute Gasteiger partial charge is 0.326 e. The van der Waals surface area contributed by atoms with Crippen molar-refractivity contribution in [2.24, 2.45) is 29.6 Å². The fourth-order valence-corrected chi connectivity index (χ4v) is 5.76. The molecule has 2 saturated carbocycles. The minimum absolute atomic E-state index is 0.0645. The Morgan fingerprint density at radius 1 is 1.10 bits per heavy atom. The summed E-state index contributed by atoms with van der Waals surface area (Å²) in [4.78, 5) is 26.3. The zero-order valence-electron chi connectivity index (χ0n) is 12.0. The number of carbonyl (C=O) groups is 2. The van der Waals surface area contributed by atoms with Gasteiger partial charge in [0.1, 0.15) is 6.04 Å². The molecule has 5 aliphatic rings. The number of carbonyl (C=O) groups excluding carboxylic acids is 1. The summed E-state index contributed by atoms with van der Waals surface area (Å²) in [6, 6.07) is -0.584. The number of carboxylic acid groups (broad SMARTS) is 1. The predicted molar refractivity (Wildman–Crippen MR) is 72.3 cm³/mol. The van der Waals surface area contributed by atoms with Crippen LogP contribution in [-0.4, -0.2) is 46.7 Å². The summed E-state index contributed by atoms with van der Waals surface area (Å²) in [5.41, 5.74) is 0. The molecular formula is C16H21NO4. The molecular weight excluding hydrogens is 270 g/mol. The molecule has 2 bridgehead atoms. The number of fused-ring (bicyclic) bond motifs is 6. The minimum atomic E-state index is -0.814. The molecule has 5 rings (SSSR count). The molecule has 0 radical (unpaired) electrons. The molecule has 8 atom stereocenters. The first-order valence-electron chi connectivity index (χ1n) is 8.34. The Morgan fingerprint density at radius 3 is 2.67 bits per heavy atom. The topological polar surface area (TPSA) is 66.8 Å². The number of ether oxygens (including phenoxy) is 1. The van der Waals surface area contributed by atoms with Crippen molar-refractivity contribution < 1.29 is 19.4 Å². The largest absolute Gasteiger partial charge is 0.480 e. The van der Waals surface area contributed by atoms with Gasteiger partial charge in [0.2, 0.25) is 5.91 Å². The summed E-state index contributed by atoms with van der Waals surface area (Å²) >= 11 is 0. The number of hydrogen-bond acceptors (Lipinski definition) is 3. The number of carboxylic acids is 1. The standard InChI is InChI=1S/C16H21NO4/c18-15(11-5-12-9-4-10(9)14(11)21-12)17-6-7-2-1-3-8(7)13(17)16(19)20/h7-14H,1-6H2,(H,19,20)/t7?,8?,9-,10+,11-,12+,13?,14+/m1/s1. The summed E-state index contributed by atoms with van der Waals surface area (Å²) in [5.74, 6) is 1.05. The van der Waals surface area contributed by atoms with E-state index >= 15 is 0 Å². The number of nitrogens with zero attached hydrogens (tertiary/aromatic N) is 1. The maximum Gasteiger partial charge on any atom is 0.326 e. The van der Waals surface area contributed by atoms with Crippen LogP contribution in [0.1, 0.15) is 32.1 Å². The fourth-order valence-electron chi connectivity index (χ4n) is 5.76. The third kappa shape index (κ3) is 1.56. The summed E-state index contributed by atoms with van der Waals surface area (Å²) in [6.07, 6.45) is 5.55. The van der Waals surface area contributed by atoms with Crippen LogP contribution in [0.4, 0.5) is 0 Å². The Kier molecular flexibility index (Phi) is 2.37. The average molecular weight is 291 g/mol. The molecule has 2 aliphatic carbocycles. The van der Waals surface area contributed by atoms with Gasteiger partial charge in [0.25, 0.3) is 0 Å². The molecule has 0 aromatic rings. The molecule has 3 saturated heterocycles. The lowest BCUT2D eigenvalue weighted by Gasteiger charge is -2.29. The highest BCUT2D eigenvalue weighted by Crippen LogP contribution is 2.61. The van der Waals surface area contributed by atoms with Crippen LogP contribution in [0, 0.1) is 29.6 Å². The van der Waals surface area contributed by atoms with Crippen LogP contribution in [0.15, 0.2) is 0 Å². The molecule has 5 fully saturated rings. The van der Waals surface area contributed by atoms with Gasteiger partial charge >= 0.3 is 5.97 Å². The first-order chi connectivity index (χ1) is 10.1. The van der Waals surface area contributed by atoms with Gasteiger partial charge in [0.05, 0.1) is 18.1 Å². The second-order valence-electron chi connectivity index (χ2n) is 7.67. The van der Waals surface area contributed by atoms with E-state index in [1.54, 1.807) is 4.90 Å². The highest BCUT2D eigenvalue weighted by molar-refractivity contribution is 5.87. The molecule has 5 nitrogen and oxygen atoms in total. The van der Waals surface area contributed by atoms with E-state index in [0.717, 1.165) is 25.7 Å². The van der Waals surface area contributed by atoms with Crippen molar-refractivity contribution in [3.8, 4) is 0 Å². The van der Waals surface area contributed by atoms with Crippen LogP contribution in [0.3, 0.4) is 0 Å². The van der Waals surface area contributed by atoms with Crippen LogP contribution >= 0.6 is 0 Å². The molecule has 21 heavy (non-hydrogen) atoms. The number of likely N-dealkylation sites (tertiary alicyclic amines) is 1. The third-order valence-electron chi connectivity index (χ3n) is 6.75. The van der Waals surface area contributed by atoms with Crippen LogP contribution < -0.4 is 0 Å². The van der Waals surface area contributed by atoms with E-state index < -0.39 is 12.0 Å². The molecule has 0 aromatic heterocycles. The highest BCUT2D eigenvalue weighted by Gasteiger charge is 2.65. The van der Waals surface area contributed by atoms with Gasteiger partial charge in [-0.2, -0.15) is 0 Å². The van der Waals surface area contributed by atoms with Gasteiger partial charge in [-0.25, -0.2) is 4.79 Å². The number of hydrogen-bond donors (Lipinski definition) is 1. The van der Waals surface area contributed by atoms with E-state index in [0.29, 0.717) is 24.3 Å². The third-order valence-corrected chi connectivity index (χ3v) is 6.75. The Balaban J connectivity index is 1.39. The van der Waals surface area contributed by atoms with Gasteiger partial charge in [-0.15, -0.1) is 0 Å². The second-order valence-corrected chi connectivity index (χ2v) is 7.67. The lowest BCUT2D eigenvalue weighted by molar-refractivity contribution is -0.152. The Morgan fingerprint density at radius 2 is 1.95 bits per heavy atom. The van der Waals surface area contributed by atoms with Crippen molar-refractivity contribution in [3.63, 3.8) is 0 Å². The van der Waals surface area contributed by atoms with Gasteiger partial charge in [0, 0.05) is 6.54 Å². The van der Waals surface area contributed by atoms with Crippen molar-refractivity contribution in [1.29, 1.82) is 0 Å². The molecule has 3 aliphatic heterocycles. The number of rotatable bonds is 2. The van der Waals surface area contributed by atoms with Crippen LogP contribution in [0.2, 0.25) is 0 Å². The summed E-state index contributed by atoms with van der Waals surface area (Å²) in [7, 11) is 0. The predicted octanol–water partition coefficient (Wildman–Crippen LogP) is 1.12. The van der Waals surface area contributed by atoms with Crippen molar-refractivity contribution in [2.45, 2.75) is 50.4 Å². The lowest BCUT2D eigenvalue weighted by atomic mass is 9.87. The zero-order valence-corrected chi connectivity index (χ0v) is 12.0. The Labute approximate surface area is 123 Å². The van der Waals surface area contributed by atoms with Crippen molar-refractivity contribution in [2.75, 3.05) is 6.54 Å². The molecule has 1 amide bonds. The first-order valence-corrected chi connectivity index (χ1v) is 8.34. The SMILES string of the molecule is O=C(O)C1C2CCCC2CN1C(=O)[C@@H]1C[C@@H]2O[C@H]1[C@H]1C[C@H]12. The molecule has 3 unspecified atom stereocenters. The Hall–Kier alpha value is -1.10. The van der Waals surface area contributed by atoms with E-state index in [4.69, 9.17) is 4.74 Å². The van der Waals surface area contributed by atoms with E-state index in [1.165, 1.54) is 6.42 Å². The summed E-state index contributed by atoms with van der Waals surface area (Å²) in [5, 5.41) is 9.59. The van der Waals surface area contributed by atoms with Crippen LogP contribution in [-0.2, 0) is 14.3 Å². The van der Waals surface area contributed by atoms with E-state index in [2.05, 4.69) is 0 Å². The van der Waals surface area contributed by atoms with Gasteiger partial charge in [-0.1, -0.05) is 6.42 Å². The van der Waals surface area contributed by atoms with Crippen LogP contribution in [0.25, 0.3) is 0 Å². The Bertz CT molecular complexity index is 520. The quantitative estimate of drug-likeness (QED) is 0.828. The minimum Gasteiger partial charge on any atom is -0.480 e. The lowest BCUT2D eigenvalue weighted by Crippen LogP contribution is -2.47. The van der Waals surface area contributed by atoms with Gasteiger partial charge in [-0.05, 0) is 49.4 Å². The molecule has 3 heterocycles. The monoisotopic (exact) mass is 291 g/mol. The van der Waals surface area contributed by atoms with E-state index in [1.807, 2.05) is 0 Å². The van der Waals surface area contributed by atoms with E-state index in [-0.39, 0.29) is 30.0 Å². The van der Waals surface area contributed by atoms with Crippen molar-refractivity contribution in [3.05, 3.63) is 0 Å². The van der Waals surface area contributed by atoms with Gasteiger partial charge in [-0.3, -0.25) is 4.79 Å². The second kappa shape index (κ2) is 4.00. The maximum absolute atomic E-state index is 12.9. The average Bonchev–Trinajstić information content (AvgIpc) is 2.83. The van der Waals surface area contributed by atoms with Gasteiger partial charge in [0.15, 0.2) is 0 Å². The maximum atomic E-state index is 12.9. The molecule has 114 valence electrons. The summed E-state index contributed by atoms with van der Waals surface area (Å²) < 4.78 is 5.92. The van der Waals surface area contributed by atoms with Crippen molar-refractivity contribution >= 4 is 11.9 Å². The summed E-state index contributed by atoms with van der Waals surface area (Å²) in [6.45, 7) is 0.655. The van der Waals surface area contributed by atoms with E-state index in [9.17, 15) is 14.7 Å². The highest BCUT2D eigenvalue weighted by atomic mass is 16.5. The number of aliphatic carboxylic acids is 1. The molecule has 0 spiro atoms. The fraction of sp³-hybridized carbons (Fsp3) is 0.875. The van der Waals surface area contributed by atoms with Gasteiger partial charge < -0.3 is 14.7 Å². The normalized spacial score (nSPS) is 52.9. The first kappa shape index (κ1) is 12.4. The number of amides is 1. The van der Waals surface area contributed by atoms with Crippen molar-refractivity contribution in [1.82, 2.24) is 4.90 Å². The van der Waals surface area contributed by atoms with Crippen LogP contribution in [0.5, 0.6) is 0 Å². The molecule has 5 heteroatoms. The molecule has 0 aromatic carbocycles. The molecule has 1 N–H and O–H groups in total.